The van der Waals surface area contributed by atoms with Gasteiger partial charge in [-0.1, -0.05) is 19.3 Å². The third-order valence-corrected chi connectivity index (χ3v) is 5.74. The highest BCUT2D eigenvalue weighted by atomic mass is 16.5. The van der Waals surface area contributed by atoms with Crippen molar-refractivity contribution in [3.63, 3.8) is 0 Å². The number of aliphatic imine (C=N–C) groups is 1. The van der Waals surface area contributed by atoms with E-state index < -0.39 is 0 Å². The first-order chi connectivity index (χ1) is 12.7. The van der Waals surface area contributed by atoms with Crippen LogP contribution in [0.1, 0.15) is 32.1 Å². The van der Waals surface area contributed by atoms with Crippen molar-refractivity contribution < 1.29 is 9.47 Å². The average molecular weight is 370 g/mol. The summed E-state index contributed by atoms with van der Waals surface area (Å²) in [5.41, 5.74) is 0.259. The fraction of sp³-hybridized carbons (Fsp3) is 0.947. The van der Waals surface area contributed by atoms with E-state index in [0.717, 1.165) is 65.0 Å². The molecule has 0 radical (unpaired) electrons. The predicted molar refractivity (Wildman–Crippen MR) is 107 cm³/mol. The minimum absolute atomic E-state index is 0.259. The molecule has 0 atom stereocenters. The lowest BCUT2D eigenvalue weighted by molar-refractivity contribution is -0.0352. The Bertz CT molecular complexity index is 407. The molecule has 7 heteroatoms. The summed E-state index contributed by atoms with van der Waals surface area (Å²) in [6, 6.07) is 0. The summed E-state index contributed by atoms with van der Waals surface area (Å²) in [4.78, 5) is 9.34. The van der Waals surface area contributed by atoms with E-state index in [2.05, 4.69) is 32.5 Å². The summed E-state index contributed by atoms with van der Waals surface area (Å²) in [7, 11) is 5.71. The van der Waals surface area contributed by atoms with Crippen molar-refractivity contribution in [2.24, 2.45) is 4.99 Å². The Hall–Kier alpha value is -0.890. The van der Waals surface area contributed by atoms with Crippen LogP contribution < -0.4 is 10.6 Å². The summed E-state index contributed by atoms with van der Waals surface area (Å²) in [5.74, 6) is 0.906. The zero-order chi connectivity index (χ0) is 18.7. The number of morpholine rings is 1. The number of methoxy groups -OCH3 is 1. The van der Waals surface area contributed by atoms with Gasteiger partial charge in [-0.25, -0.2) is 0 Å². The van der Waals surface area contributed by atoms with Crippen molar-refractivity contribution in [3.05, 3.63) is 0 Å². The molecule has 152 valence electrons. The third kappa shape index (κ3) is 6.68. The van der Waals surface area contributed by atoms with Crippen LogP contribution in [0.5, 0.6) is 0 Å². The number of nitrogens with zero attached hydrogens (tertiary/aromatic N) is 3. The molecule has 2 N–H and O–H groups in total. The van der Waals surface area contributed by atoms with E-state index in [1.807, 2.05) is 7.05 Å². The molecule has 1 aliphatic carbocycles. The van der Waals surface area contributed by atoms with Crippen molar-refractivity contribution in [2.45, 2.75) is 37.6 Å². The number of hydrogen-bond donors (Lipinski definition) is 2. The molecule has 0 spiro atoms. The van der Waals surface area contributed by atoms with Crippen LogP contribution in [0.25, 0.3) is 0 Å². The minimum atomic E-state index is 0.259. The molecular formula is C19H39N5O2. The molecule has 0 aromatic heterocycles. The molecule has 0 unspecified atom stereocenters. The normalized spacial score (nSPS) is 21.8. The highest BCUT2D eigenvalue weighted by molar-refractivity contribution is 5.79. The molecule has 1 saturated carbocycles. The second-order valence-electron chi connectivity index (χ2n) is 7.53. The largest absolute Gasteiger partial charge is 0.383 e. The van der Waals surface area contributed by atoms with Crippen molar-refractivity contribution in [1.29, 1.82) is 0 Å². The summed E-state index contributed by atoms with van der Waals surface area (Å²) in [6.07, 6.45) is 6.57. The smallest absolute Gasteiger partial charge is 0.191 e. The summed E-state index contributed by atoms with van der Waals surface area (Å²) in [6.45, 7) is 8.37. The summed E-state index contributed by atoms with van der Waals surface area (Å²) >= 11 is 0. The maximum Gasteiger partial charge on any atom is 0.191 e. The molecule has 2 aliphatic rings. The van der Waals surface area contributed by atoms with Crippen molar-refractivity contribution in [1.82, 2.24) is 20.4 Å². The average Bonchev–Trinajstić information content (AvgIpc) is 2.70. The van der Waals surface area contributed by atoms with Gasteiger partial charge in [-0.15, -0.1) is 0 Å². The summed E-state index contributed by atoms with van der Waals surface area (Å²) < 4.78 is 10.7. The van der Waals surface area contributed by atoms with E-state index in [4.69, 9.17) is 9.47 Å². The second kappa shape index (κ2) is 11.7. The van der Waals surface area contributed by atoms with Crippen molar-refractivity contribution >= 4 is 5.96 Å². The zero-order valence-corrected chi connectivity index (χ0v) is 17.1. The molecule has 1 heterocycles. The standard InChI is InChI=1S/C19H39N5O2/c1-20-18(21-9-10-23(2)11-14-25-3)22-17-19(7-5-4-6-8-19)24-12-15-26-16-13-24/h4-17H2,1-3H3,(H2,20,21,22). The van der Waals surface area contributed by atoms with Crippen LogP contribution in [0, 0.1) is 0 Å². The van der Waals surface area contributed by atoms with E-state index in [1.165, 1.54) is 32.1 Å². The fourth-order valence-electron chi connectivity index (χ4n) is 4.05. The van der Waals surface area contributed by atoms with E-state index in [1.54, 1.807) is 7.11 Å². The van der Waals surface area contributed by atoms with Gasteiger partial charge in [-0.05, 0) is 19.9 Å². The highest BCUT2D eigenvalue weighted by Crippen LogP contribution is 2.33. The Morgan fingerprint density at radius 2 is 1.88 bits per heavy atom. The maximum absolute atomic E-state index is 5.57. The van der Waals surface area contributed by atoms with Crippen LogP contribution in [0.4, 0.5) is 0 Å². The number of hydrogen-bond acceptors (Lipinski definition) is 5. The van der Waals surface area contributed by atoms with Gasteiger partial charge < -0.3 is 25.0 Å². The van der Waals surface area contributed by atoms with Crippen LogP contribution in [-0.4, -0.2) is 102 Å². The Labute approximate surface area is 159 Å². The fourth-order valence-corrected chi connectivity index (χ4v) is 4.05. The van der Waals surface area contributed by atoms with Gasteiger partial charge in [0.2, 0.25) is 0 Å². The molecule has 2 fully saturated rings. The summed E-state index contributed by atoms with van der Waals surface area (Å²) in [5, 5.41) is 7.06. The second-order valence-corrected chi connectivity index (χ2v) is 7.53. The number of guanidine groups is 1. The van der Waals surface area contributed by atoms with Gasteiger partial charge in [0.05, 0.1) is 19.8 Å². The van der Waals surface area contributed by atoms with Gasteiger partial charge in [-0.3, -0.25) is 9.89 Å². The lowest BCUT2D eigenvalue weighted by Crippen LogP contribution is -2.60. The monoisotopic (exact) mass is 369 g/mol. The van der Waals surface area contributed by atoms with Crippen LogP contribution >= 0.6 is 0 Å². The van der Waals surface area contributed by atoms with Crippen molar-refractivity contribution in [3.8, 4) is 0 Å². The van der Waals surface area contributed by atoms with Crippen LogP contribution in [0.2, 0.25) is 0 Å². The van der Waals surface area contributed by atoms with E-state index in [9.17, 15) is 0 Å². The van der Waals surface area contributed by atoms with E-state index >= 15 is 0 Å². The third-order valence-electron chi connectivity index (χ3n) is 5.74. The lowest BCUT2D eigenvalue weighted by Gasteiger charge is -2.48. The Kier molecular flexibility index (Phi) is 9.67. The highest BCUT2D eigenvalue weighted by Gasteiger charge is 2.38. The topological polar surface area (TPSA) is 61.4 Å². The Morgan fingerprint density at radius 3 is 2.54 bits per heavy atom. The number of rotatable bonds is 9. The molecule has 0 amide bonds. The van der Waals surface area contributed by atoms with Crippen LogP contribution in [-0.2, 0) is 9.47 Å². The van der Waals surface area contributed by atoms with E-state index in [-0.39, 0.29) is 5.54 Å². The number of nitrogens with one attached hydrogen (secondary N) is 2. The molecule has 2 rings (SSSR count). The molecule has 1 saturated heterocycles. The van der Waals surface area contributed by atoms with Gasteiger partial charge in [0.1, 0.15) is 0 Å². The first-order valence-electron chi connectivity index (χ1n) is 10.1. The molecular weight excluding hydrogens is 330 g/mol. The molecule has 0 aromatic rings. The maximum atomic E-state index is 5.57. The van der Waals surface area contributed by atoms with Crippen LogP contribution in [0.15, 0.2) is 4.99 Å². The van der Waals surface area contributed by atoms with Gasteiger partial charge in [0.15, 0.2) is 5.96 Å². The molecule has 0 aromatic carbocycles. The first-order valence-corrected chi connectivity index (χ1v) is 10.1. The van der Waals surface area contributed by atoms with Gasteiger partial charge in [0, 0.05) is 59.0 Å². The van der Waals surface area contributed by atoms with E-state index in [0.29, 0.717) is 0 Å². The quantitative estimate of drug-likeness (QED) is 0.462. The van der Waals surface area contributed by atoms with Gasteiger partial charge in [-0.2, -0.15) is 0 Å². The van der Waals surface area contributed by atoms with Gasteiger partial charge in [0.25, 0.3) is 0 Å². The molecule has 0 bridgehead atoms. The SMILES string of the molecule is CN=C(NCCN(C)CCOC)NCC1(N2CCOCC2)CCCCC1. The molecule has 26 heavy (non-hydrogen) atoms. The molecule has 1 aliphatic heterocycles. The molecule has 7 nitrogen and oxygen atoms in total. The number of likely N-dealkylation sites (N-methyl/N-ethyl adjacent to an activating group) is 1. The Balaban J connectivity index is 1.80. The zero-order valence-electron chi connectivity index (χ0n) is 17.1. The Morgan fingerprint density at radius 1 is 1.15 bits per heavy atom. The van der Waals surface area contributed by atoms with Crippen LogP contribution in [0.3, 0.4) is 0 Å². The van der Waals surface area contributed by atoms with Gasteiger partial charge >= 0.3 is 0 Å². The number of ether oxygens (including phenoxy) is 2. The minimum Gasteiger partial charge on any atom is -0.383 e. The first kappa shape index (κ1) is 21.4. The predicted octanol–water partition coefficient (Wildman–Crippen LogP) is 0.765. The van der Waals surface area contributed by atoms with Crippen molar-refractivity contribution in [2.75, 3.05) is 80.3 Å². The lowest BCUT2D eigenvalue weighted by atomic mass is 9.80.